The van der Waals surface area contributed by atoms with E-state index in [1.54, 1.807) is 31.2 Å². The van der Waals surface area contributed by atoms with Gasteiger partial charge in [0.15, 0.2) is 0 Å². The first-order valence-electron chi connectivity index (χ1n) is 8.52. The van der Waals surface area contributed by atoms with Gasteiger partial charge in [-0.15, -0.1) is 0 Å². The molecule has 146 valence electrons. The minimum atomic E-state index is -4.02. The molecule has 1 unspecified atom stereocenters. The van der Waals surface area contributed by atoms with Crippen LogP contribution in [-0.4, -0.2) is 15.5 Å². The van der Waals surface area contributed by atoms with Gasteiger partial charge in [0.2, 0.25) is 0 Å². The fourth-order valence-corrected chi connectivity index (χ4v) is 4.54. The third-order valence-electron chi connectivity index (χ3n) is 4.40. The predicted molar refractivity (Wildman–Crippen MR) is 104 cm³/mol. The fourth-order valence-electron chi connectivity index (χ4n) is 2.90. The van der Waals surface area contributed by atoms with E-state index < -0.39 is 27.7 Å². The first kappa shape index (κ1) is 19.8. The quantitative estimate of drug-likeness (QED) is 0.586. The average molecular weight is 403 g/mol. The van der Waals surface area contributed by atoms with E-state index in [1.165, 1.54) is 47.8 Å². The van der Waals surface area contributed by atoms with Crippen LogP contribution >= 0.6 is 0 Å². The number of sulfonamides is 1. The predicted octanol–water partition coefficient (Wildman–Crippen LogP) is 4.93. The molecule has 0 N–H and O–H groups in total. The molecule has 0 aromatic heterocycles. The second kappa shape index (κ2) is 7.98. The lowest BCUT2D eigenvalue weighted by Crippen LogP contribution is -2.33. The summed E-state index contributed by atoms with van der Waals surface area (Å²) in [4.78, 5) is -0.0429. The van der Waals surface area contributed by atoms with Crippen LogP contribution in [0.2, 0.25) is 0 Å². The van der Waals surface area contributed by atoms with Crippen LogP contribution in [0.5, 0.6) is 5.75 Å². The number of nitrogens with zero attached hydrogens (tertiary/aromatic N) is 1. The maximum absolute atomic E-state index is 13.4. The molecule has 0 saturated carbocycles. The molecule has 0 aliphatic rings. The van der Waals surface area contributed by atoms with Gasteiger partial charge in [0.25, 0.3) is 10.0 Å². The lowest BCUT2D eigenvalue weighted by Gasteiger charge is -2.31. The summed E-state index contributed by atoms with van der Waals surface area (Å²) in [5.41, 5.74) is 1.02. The highest BCUT2D eigenvalue weighted by Crippen LogP contribution is 2.34. The van der Waals surface area contributed by atoms with E-state index in [0.717, 1.165) is 12.1 Å². The number of methoxy groups -OCH3 is 1. The van der Waals surface area contributed by atoms with Gasteiger partial charge in [-0.1, -0.05) is 12.1 Å². The van der Waals surface area contributed by atoms with E-state index in [4.69, 9.17) is 4.74 Å². The fraction of sp³-hybridized carbons (Fsp3) is 0.143. The van der Waals surface area contributed by atoms with Crippen LogP contribution in [0, 0.1) is 11.6 Å². The average Bonchev–Trinajstić information content (AvgIpc) is 2.69. The van der Waals surface area contributed by atoms with Crippen LogP contribution < -0.4 is 9.04 Å². The molecule has 0 aliphatic carbocycles. The lowest BCUT2D eigenvalue weighted by atomic mass is 10.1. The van der Waals surface area contributed by atoms with Gasteiger partial charge in [-0.05, 0) is 73.2 Å². The zero-order chi connectivity index (χ0) is 20.3. The molecule has 3 aromatic carbocycles. The highest BCUT2D eigenvalue weighted by atomic mass is 32.2. The Morgan fingerprint density at radius 1 is 0.821 bits per heavy atom. The first-order chi connectivity index (χ1) is 13.3. The Morgan fingerprint density at radius 2 is 1.32 bits per heavy atom. The van der Waals surface area contributed by atoms with Gasteiger partial charge in [-0.3, -0.25) is 4.31 Å². The summed E-state index contributed by atoms with van der Waals surface area (Å²) < 4.78 is 59.7. The highest BCUT2D eigenvalue weighted by molar-refractivity contribution is 7.92. The molecule has 0 heterocycles. The Balaban J connectivity index is 2.12. The van der Waals surface area contributed by atoms with Crippen molar-refractivity contribution in [2.45, 2.75) is 17.9 Å². The smallest absolute Gasteiger partial charge is 0.264 e. The molecular weight excluding hydrogens is 384 g/mol. The molecule has 0 spiro atoms. The maximum atomic E-state index is 13.4. The summed E-state index contributed by atoms with van der Waals surface area (Å²) in [5.74, 6) is -0.354. The number of benzene rings is 3. The molecule has 0 saturated heterocycles. The van der Waals surface area contributed by atoms with Crippen molar-refractivity contribution in [3.63, 3.8) is 0 Å². The molecule has 28 heavy (non-hydrogen) atoms. The maximum Gasteiger partial charge on any atom is 0.264 e. The molecule has 3 rings (SSSR count). The number of rotatable bonds is 6. The summed E-state index contributed by atoms with van der Waals surface area (Å²) in [6.45, 7) is 1.71. The molecule has 4 nitrogen and oxygen atoms in total. The third kappa shape index (κ3) is 3.99. The van der Waals surface area contributed by atoms with Crippen LogP contribution in [0.3, 0.4) is 0 Å². The van der Waals surface area contributed by atoms with Crippen molar-refractivity contribution in [2.24, 2.45) is 0 Å². The van der Waals surface area contributed by atoms with E-state index in [2.05, 4.69) is 0 Å². The minimum absolute atomic E-state index is 0.0429. The zero-order valence-corrected chi connectivity index (χ0v) is 16.2. The third-order valence-corrected chi connectivity index (χ3v) is 6.31. The Kier molecular flexibility index (Phi) is 5.65. The number of hydrogen-bond donors (Lipinski definition) is 0. The molecular formula is C21H19F2NO3S. The monoisotopic (exact) mass is 403 g/mol. The van der Waals surface area contributed by atoms with Crippen molar-refractivity contribution in [1.82, 2.24) is 0 Å². The van der Waals surface area contributed by atoms with Gasteiger partial charge < -0.3 is 4.74 Å². The van der Waals surface area contributed by atoms with Gasteiger partial charge in [0.1, 0.15) is 17.4 Å². The lowest BCUT2D eigenvalue weighted by molar-refractivity contribution is 0.415. The molecule has 0 fully saturated rings. The Labute approximate surface area is 163 Å². The van der Waals surface area contributed by atoms with Crippen molar-refractivity contribution in [1.29, 1.82) is 0 Å². The summed E-state index contributed by atoms with van der Waals surface area (Å²) in [5, 5.41) is 0. The van der Waals surface area contributed by atoms with E-state index in [1.807, 2.05) is 0 Å². The highest BCUT2D eigenvalue weighted by Gasteiger charge is 2.30. The van der Waals surface area contributed by atoms with Gasteiger partial charge in [-0.2, -0.15) is 0 Å². The van der Waals surface area contributed by atoms with Crippen molar-refractivity contribution < 1.29 is 21.9 Å². The van der Waals surface area contributed by atoms with E-state index in [9.17, 15) is 17.2 Å². The molecule has 3 aromatic rings. The molecule has 1 atom stereocenters. The molecule has 7 heteroatoms. The number of anilines is 1. The normalized spacial score (nSPS) is 12.4. The summed E-state index contributed by atoms with van der Waals surface area (Å²) in [6.07, 6.45) is 0. The van der Waals surface area contributed by atoms with Crippen molar-refractivity contribution in [3.8, 4) is 5.75 Å². The largest absolute Gasteiger partial charge is 0.497 e. The van der Waals surface area contributed by atoms with Crippen molar-refractivity contribution in [2.75, 3.05) is 11.4 Å². The Morgan fingerprint density at radius 3 is 1.82 bits per heavy atom. The molecule has 0 radical (unpaired) electrons. The second-order valence-electron chi connectivity index (χ2n) is 6.18. The first-order valence-corrected chi connectivity index (χ1v) is 9.96. The Hall–Kier alpha value is -2.93. The topological polar surface area (TPSA) is 46.6 Å². The van der Waals surface area contributed by atoms with Crippen LogP contribution in [0.1, 0.15) is 18.5 Å². The summed E-state index contributed by atoms with van der Waals surface area (Å²) in [6, 6.07) is 16.2. The van der Waals surface area contributed by atoms with Gasteiger partial charge in [-0.25, -0.2) is 17.2 Å². The minimum Gasteiger partial charge on any atom is -0.497 e. The SMILES string of the molecule is COc1ccc(N(C(C)c2ccc(F)cc2)S(=O)(=O)c2ccc(F)cc2)cc1. The van der Waals surface area contributed by atoms with Crippen molar-refractivity contribution in [3.05, 3.63) is 90.0 Å². The van der Waals surface area contributed by atoms with Crippen LogP contribution in [0.15, 0.2) is 77.7 Å². The number of halogens is 2. The molecule has 0 aliphatic heterocycles. The van der Waals surface area contributed by atoms with Gasteiger partial charge in [0, 0.05) is 0 Å². The van der Waals surface area contributed by atoms with E-state index in [-0.39, 0.29) is 4.90 Å². The summed E-state index contributed by atoms with van der Waals surface area (Å²) in [7, 11) is -2.50. The van der Waals surface area contributed by atoms with Crippen molar-refractivity contribution >= 4 is 15.7 Å². The number of hydrogen-bond acceptors (Lipinski definition) is 3. The zero-order valence-electron chi connectivity index (χ0n) is 15.3. The van der Waals surface area contributed by atoms with E-state index in [0.29, 0.717) is 17.0 Å². The van der Waals surface area contributed by atoms with Crippen LogP contribution in [0.4, 0.5) is 14.5 Å². The number of ether oxygens (including phenoxy) is 1. The Bertz CT molecular complexity index is 1030. The molecule has 0 amide bonds. The standard InChI is InChI=1S/C21H19F2NO3S/c1-15(16-3-5-17(22)6-4-16)24(19-9-11-20(27-2)12-10-19)28(25,26)21-13-7-18(23)8-14-21/h3-15H,1-2H3. The van der Waals surface area contributed by atoms with Crippen LogP contribution in [0.25, 0.3) is 0 Å². The summed E-state index contributed by atoms with van der Waals surface area (Å²) >= 11 is 0. The second-order valence-corrected chi connectivity index (χ2v) is 8.00. The van der Waals surface area contributed by atoms with Crippen LogP contribution in [-0.2, 0) is 10.0 Å². The van der Waals surface area contributed by atoms with Gasteiger partial charge in [0.05, 0.1) is 23.7 Å². The molecule has 0 bridgehead atoms. The van der Waals surface area contributed by atoms with E-state index >= 15 is 0 Å². The van der Waals surface area contributed by atoms with Gasteiger partial charge >= 0.3 is 0 Å².